The van der Waals surface area contributed by atoms with Crippen LogP contribution in [0.15, 0.2) is 36.4 Å². The lowest BCUT2D eigenvalue weighted by Gasteiger charge is -2.23. The van der Waals surface area contributed by atoms with Crippen molar-refractivity contribution in [3.63, 3.8) is 0 Å². The summed E-state index contributed by atoms with van der Waals surface area (Å²) < 4.78 is 13.5. The lowest BCUT2D eigenvalue weighted by Crippen LogP contribution is -2.49. The summed E-state index contributed by atoms with van der Waals surface area (Å²) in [5.41, 5.74) is 0.346. The van der Waals surface area contributed by atoms with Gasteiger partial charge >= 0.3 is 11.9 Å². The highest BCUT2D eigenvalue weighted by molar-refractivity contribution is 6.08. The first-order valence-corrected chi connectivity index (χ1v) is 9.13. The Balaban J connectivity index is 0.000000512. The van der Waals surface area contributed by atoms with E-state index in [-0.39, 0.29) is 24.8 Å². The maximum atomic E-state index is 13.5. The summed E-state index contributed by atoms with van der Waals surface area (Å²) in [6, 6.07) is 4.64. The molecule has 31 heavy (non-hydrogen) atoms. The number of carboxylic acid groups (broad SMARTS) is 2. The number of nitrogens with zero attached hydrogens (tertiary/aromatic N) is 2. The van der Waals surface area contributed by atoms with E-state index in [0.29, 0.717) is 17.7 Å². The number of hydrogen-bond acceptors (Lipinski definition) is 6. The second-order valence-electron chi connectivity index (χ2n) is 6.78. The van der Waals surface area contributed by atoms with Crippen molar-refractivity contribution >= 4 is 29.7 Å². The highest BCUT2D eigenvalue weighted by Crippen LogP contribution is 2.19. The number of imide groups is 1. The molecule has 168 valence electrons. The van der Waals surface area contributed by atoms with Crippen molar-refractivity contribution in [1.82, 2.24) is 15.1 Å². The molecule has 2 atom stereocenters. The molecule has 1 aromatic rings. The lowest BCUT2D eigenvalue weighted by atomic mass is 10.2. The van der Waals surface area contributed by atoms with Gasteiger partial charge in [-0.05, 0) is 27.1 Å². The van der Waals surface area contributed by atoms with Gasteiger partial charge in [0.15, 0.2) is 0 Å². The molecule has 0 saturated carbocycles. The second-order valence-corrected chi connectivity index (χ2v) is 6.78. The fourth-order valence-corrected chi connectivity index (χ4v) is 2.68. The Morgan fingerprint density at radius 2 is 1.74 bits per heavy atom. The van der Waals surface area contributed by atoms with E-state index in [1.165, 1.54) is 13.0 Å². The second kappa shape index (κ2) is 11.6. The van der Waals surface area contributed by atoms with Crippen LogP contribution in [0.4, 0.5) is 4.39 Å². The molecule has 1 aliphatic rings. The zero-order chi connectivity index (χ0) is 23.7. The standard InChI is InChI=1S/C16H20FN3O3.C4H4O4/c1-10(20-14(21)8-13(16(20)23)19(2)3)15(22)18-9-11-6-4-5-7-12(11)17;5-3(6)1-2-4(7)8/h4-7,10,13H,8-9H2,1-3H3,(H,18,22);1-2H,(H,5,6)(H,7,8)/b;2-1+/t10-,13?;/m0./s1. The van der Waals surface area contributed by atoms with Crippen molar-refractivity contribution in [3.8, 4) is 0 Å². The Morgan fingerprint density at radius 3 is 2.19 bits per heavy atom. The van der Waals surface area contributed by atoms with Crippen LogP contribution in [-0.4, -0.2) is 75.9 Å². The summed E-state index contributed by atoms with van der Waals surface area (Å²) >= 11 is 0. The van der Waals surface area contributed by atoms with Gasteiger partial charge in [-0.15, -0.1) is 0 Å². The molecule has 1 aliphatic heterocycles. The zero-order valence-corrected chi connectivity index (χ0v) is 17.2. The molecule has 10 nitrogen and oxygen atoms in total. The number of benzene rings is 1. The summed E-state index contributed by atoms with van der Waals surface area (Å²) in [6.07, 6.45) is 1.18. The van der Waals surface area contributed by atoms with Crippen LogP contribution in [0.2, 0.25) is 0 Å². The van der Waals surface area contributed by atoms with Gasteiger partial charge in [0.05, 0.1) is 12.5 Å². The molecule has 3 amide bonds. The number of carboxylic acids is 2. The van der Waals surface area contributed by atoms with Crippen molar-refractivity contribution in [3.05, 3.63) is 47.8 Å². The lowest BCUT2D eigenvalue weighted by molar-refractivity contribution is -0.147. The predicted octanol–water partition coefficient (Wildman–Crippen LogP) is 0.231. The van der Waals surface area contributed by atoms with Crippen LogP contribution < -0.4 is 5.32 Å². The van der Waals surface area contributed by atoms with E-state index >= 15 is 0 Å². The predicted molar refractivity (Wildman–Crippen MR) is 106 cm³/mol. The first-order chi connectivity index (χ1) is 14.5. The average molecular weight is 437 g/mol. The Hall–Kier alpha value is -3.60. The van der Waals surface area contributed by atoms with Crippen LogP contribution in [0, 0.1) is 5.82 Å². The Bertz CT molecular complexity index is 869. The number of nitrogens with one attached hydrogen (secondary N) is 1. The molecule has 1 saturated heterocycles. The smallest absolute Gasteiger partial charge is 0.328 e. The van der Waals surface area contributed by atoms with Gasteiger partial charge in [0.2, 0.25) is 17.7 Å². The van der Waals surface area contributed by atoms with Crippen molar-refractivity contribution in [2.75, 3.05) is 14.1 Å². The maximum absolute atomic E-state index is 13.5. The van der Waals surface area contributed by atoms with E-state index in [1.807, 2.05) is 0 Å². The molecule has 1 heterocycles. The molecule has 0 radical (unpaired) electrons. The molecular formula is C20H24FN3O7. The van der Waals surface area contributed by atoms with Crippen molar-refractivity contribution in [2.45, 2.75) is 32.0 Å². The van der Waals surface area contributed by atoms with Crippen molar-refractivity contribution < 1.29 is 38.6 Å². The van der Waals surface area contributed by atoms with E-state index in [2.05, 4.69) is 5.32 Å². The van der Waals surface area contributed by atoms with Gasteiger partial charge in [0.1, 0.15) is 11.9 Å². The highest BCUT2D eigenvalue weighted by Gasteiger charge is 2.43. The van der Waals surface area contributed by atoms with Crippen LogP contribution in [0.5, 0.6) is 0 Å². The molecular weight excluding hydrogens is 413 g/mol. The van der Waals surface area contributed by atoms with Gasteiger partial charge in [0.25, 0.3) is 0 Å². The summed E-state index contributed by atoms with van der Waals surface area (Å²) in [7, 11) is 3.42. The van der Waals surface area contributed by atoms with Gasteiger partial charge in [-0.25, -0.2) is 14.0 Å². The minimum atomic E-state index is -1.26. The van der Waals surface area contributed by atoms with Crippen LogP contribution >= 0.6 is 0 Å². The van der Waals surface area contributed by atoms with E-state index in [1.54, 1.807) is 37.2 Å². The van der Waals surface area contributed by atoms with Gasteiger partial charge in [-0.1, -0.05) is 18.2 Å². The molecule has 1 unspecified atom stereocenters. The molecule has 2 rings (SSSR count). The molecule has 11 heteroatoms. The topological polar surface area (TPSA) is 144 Å². The molecule has 0 aliphatic carbocycles. The largest absolute Gasteiger partial charge is 0.478 e. The van der Waals surface area contributed by atoms with Crippen LogP contribution in [0.25, 0.3) is 0 Å². The Kier molecular flexibility index (Phi) is 9.48. The third-order valence-corrected chi connectivity index (χ3v) is 4.33. The van der Waals surface area contributed by atoms with Gasteiger partial charge < -0.3 is 15.5 Å². The van der Waals surface area contributed by atoms with Crippen LogP contribution in [-0.2, 0) is 30.5 Å². The number of hydrogen-bond donors (Lipinski definition) is 3. The van der Waals surface area contributed by atoms with E-state index in [9.17, 15) is 28.4 Å². The first kappa shape index (κ1) is 25.4. The van der Waals surface area contributed by atoms with E-state index in [4.69, 9.17) is 10.2 Å². The van der Waals surface area contributed by atoms with Crippen molar-refractivity contribution in [2.24, 2.45) is 0 Å². The average Bonchev–Trinajstić information content (AvgIpc) is 2.99. The number of likely N-dealkylation sites (tertiary alicyclic amines) is 1. The number of rotatable bonds is 7. The summed E-state index contributed by atoms with van der Waals surface area (Å²) in [4.78, 5) is 58.2. The number of carbonyl (C=O) groups is 5. The molecule has 3 N–H and O–H groups in total. The fraction of sp³-hybridized carbons (Fsp3) is 0.350. The SMILES string of the molecule is C[C@@H](C(=O)NCc1ccccc1F)N1C(=O)CC(N(C)C)C1=O.O=C(O)/C=C/C(=O)O. The number of aliphatic carboxylic acids is 2. The summed E-state index contributed by atoms with van der Waals surface area (Å²) in [5.74, 6) is -4.17. The summed E-state index contributed by atoms with van der Waals surface area (Å²) in [6.45, 7) is 1.49. The normalized spacial score (nSPS) is 16.8. The number of amides is 3. The van der Waals surface area contributed by atoms with Gasteiger partial charge in [-0.2, -0.15) is 0 Å². The Labute approximate surface area is 177 Å². The zero-order valence-electron chi connectivity index (χ0n) is 17.2. The van der Waals surface area contributed by atoms with Crippen LogP contribution in [0.3, 0.4) is 0 Å². The summed E-state index contributed by atoms with van der Waals surface area (Å²) in [5, 5.41) is 18.2. The maximum Gasteiger partial charge on any atom is 0.328 e. The Morgan fingerprint density at radius 1 is 1.19 bits per heavy atom. The highest BCUT2D eigenvalue weighted by atomic mass is 19.1. The third-order valence-electron chi connectivity index (χ3n) is 4.33. The van der Waals surface area contributed by atoms with Gasteiger partial charge in [-0.3, -0.25) is 24.2 Å². The third kappa shape index (κ3) is 7.63. The van der Waals surface area contributed by atoms with E-state index in [0.717, 1.165) is 4.90 Å². The monoisotopic (exact) mass is 437 g/mol. The molecule has 0 spiro atoms. The number of likely N-dealkylation sites (N-methyl/N-ethyl adjacent to an activating group) is 1. The van der Waals surface area contributed by atoms with Gasteiger partial charge in [0, 0.05) is 24.3 Å². The molecule has 0 aromatic heterocycles. The quantitative estimate of drug-likeness (QED) is 0.406. The first-order valence-electron chi connectivity index (χ1n) is 9.13. The number of halogens is 1. The van der Waals surface area contributed by atoms with Crippen LogP contribution in [0.1, 0.15) is 18.9 Å². The van der Waals surface area contributed by atoms with E-state index < -0.39 is 35.7 Å². The van der Waals surface area contributed by atoms with Crippen molar-refractivity contribution in [1.29, 1.82) is 0 Å². The minimum Gasteiger partial charge on any atom is -0.478 e. The number of carbonyl (C=O) groups excluding carboxylic acids is 3. The molecule has 1 fully saturated rings. The molecule has 1 aromatic carbocycles. The fourth-order valence-electron chi connectivity index (χ4n) is 2.68. The minimum absolute atomic E-state index is 0.00315. The molecule has 0 bridgehead atoms.